The van der Waals surface area contributed by atoms with Crippen LogP contribution in [0.2, 0.25) is 0 Å². The SMILES string of the molecule is CCC1CCC(O)C(N2CCCOC(C)C2)C1. The second-order valence-electron chi connectivity index (χ2n) is 5.75. The highest BCUT2D eigenvalue weighted by Gasteiger charge is 2.33. The fraction of sp³-hybridized carbons (Fsp3) is 1.00. The van der Waals surface area contributed by atoms with Crippen molar-refractivity contribution in [3.05, 3.63) is 0 Å². The fourth-order valence-corrected chi connectivity index (χ4v) is 3.31. The number of rotatable bonds is 2. The molecule has 4 unspecified atom stereocenters. The third-order valence-corrected chi connectivity index (χ3v) is 4.42. The van der Waals surface area contributed by atoms with Crippen LogP contribution in [-0.2, 0) is 4.74 Å². The van der Waals surface area contributed by atoms with Gasteiger partial charge in [0, 0.05) is 25.7 Å². The quantitative estimate of drug-likeness (QED) is 0.803. The van der Waals surface area contributed by atoms with E-state index in [1.54, 1.807) is 0 Å². The van der Waals surface area contributed by atoms with Gasteiger partial charge in [-0.25, -0.2) is 0 Å². The fourth-order valence-electron chi connectivity index (χ4n) is 3.31. The van der Waals surface area contributed by atoms with Gasteiger partial charge < -0.3 is 9.84 Å². The largest absolute Gasteiger partial charge is 0.391 e. The van der Waals surface area contributed by atoms with Crippen LogP contribution in [0.15, 0.2) is 0 Å². The van der Waals surface area contributed by atoms with Crippen molar-refractivity contribution >= 4 is 0 Å². The second kappa shape index (κ2) is 6.17. The summed E-state index contributed by atoms with van der Waals surface area (Å²) in [6.07, 6.45) is 5.90. The molecule has 0 spiro atoms. The van der Waals surface area contributed by atoms with E-state index in [1.807, 2.05) is 0 Å². The summed E-state index contributed by atoms with van der Waals surface area (Å²) in [7, 11) is 0. The molecule has 1 N–H and O–H groups in total. The Morgan fingerprint density at radius 1 is 1.35 bits per heavy atom. The maximum atomic E-state index is 10.2. The zero-order valence-electron chi connectivity index (χ0n) is 11.3. The predicted octanol–water partition coefficient (Wildman–Crippen LogP) is 2.04. The van der Waals surface area contributed by atoms with Gasteiger partial charge in [0.15, 0.2) is 0 Å². The highest BCUT2D eigenvalue weighted by molar-refractivity contribution is 4.87. The van der Waals surface area contributed by atoms with Crippen LogP contribution in [-0.4, -0.2) is 48.0 Å². The summed E-state index contributed by atoms with van der Waals surface area (Å²) in [4.78, 5) is 2.48. The summed E-state index contributed by atoms with van der Waals surface area (Å²) in [5.41, 5.74) is 0. The lowest BCUT2D eigenvalue weighted by atomic mass is 9.81. The molecular formula is C14H27NO2. The Balaban J connectivity index is 1.97. The summed E-state index contributed by atoms with van der Waals surface area (Å²) in [6.45, 7) is 7.36. The van der Waals surface area contributed by atoms with Crippen LogP contribution in [0.25, 0.3) is 0 Å². The molecule has 17 heavy (non-hydrogen) atoms. The first-order valence-corrected chi connectivity index (χ1v) is 7.24. The van der Waals surface area contributed by atoms with Crippen molar-refractivity contribution in [2.24, 2.45) is 5.92 Å². The zero-order chi connectivity index (χ0) is 12.3. The first-order chi connectivity index (χ1) is 8.20. The van der Waals surface area contributed by atoms with Crippen molar-refractivity contribution in [1.29, 1.82) is 0 Å². The number of aliphatic hydroxyl groups excluding tert-OH is 1. The minimum absolute atomic E-state index is 0.122. The van der Waals surface area contributed by atoms with E-state index >= 15 is 0 Å². The highest BCUT2D eigenvalue weighted by Crippen LogP contribution is 2.30. The molecule has 2 fully saturated rings. The van der Waals surface area contributed by atoms with Crippen molar-refractivity contribution in [3.8, 4) is 0 Å². The van der Waals surface area contributed by atoms with E-state index in [4.69, 9.17) is 4.74 Å². The predicted molar refractivity (Wildman–Crippen MR) is 69.0 cm³/mol. The van der Waals surface area contributed by atoms with E-state index in [1.165, 1.54) is 19.3 Å². The third kappa shape index (κ3) is 3.43. The van der Waals surface area contributed by atoms with Gasteiger partial charge in [-0.2, -0.15) is 0 Å². The molecule has 0 aromatic rings. The molecule has 3 nitrogen and oxygen atoms in total. The lowest BCUT2D eigenvalue weighted by Gasteiger charge is -2.40. The minimum atomic E-state index is -0.122. The number of hydrogen-bond acceptors (Lipinski definition) is 3. The maximum Gasteiger partial charge on any atom is 0.0695 e. The molecule has 1 saturated heterocycles. The van der Waals surface area contributed by atoms with Gasteiger partial charge in [0.05, 0.1) is 12.2 Å². The molecule has 0 radical (unpaired) electrons. The molecule has 0 aromatic carbocycles. The van der Waals surface area contributed by atoms with Gasteiger partial charge in [-0.1, -0.05) is 13.3 Å². The van der Waals surface area contributed by atoms with Crippen LogP contribution < -0.4 is 0 Å². The Labute approximate surface area is 105 Å². The third-order valence-electron chi connectivity index (χ3n) is 4.42. The monoisotopic (exact) mass is 241 g/mol. The van der Waals surface area contributed by atoms with Crippen LogP contribution >= 0.6 is 0 Å². The topological polar surface area (TPSA) is 32.7 Å². The van der Waals surface area contributed by atoms with Gasteiger partial charge in [0.25, 0.3) is 0 Å². The van der Waals surface area contributed by atoms with Gasteiger partial charge in [0.1, 0.15) is 0 Å². The van der Waals surface area contributed by atoms with Crippen molar-refractivity contribution in [2.45, 2.75) is 64.2 Å². The van der Waals surface area contributed by atoms with Crippen LogP contribution in [0.4, 0.5) is 0 Å². The Kier molecular flexibility index (Phi) is 4.83. The van der Waals surface area contributed by atoms with E-state index in [9.17, 15) is 5.11 Å². The van der Waals surface area contributed by atoms with Crippen LogP contribution in [0, 0.1) is 5.92 Å². The summed E-state index contributed by atoms with van der Waals surface area (Å²) < 4.78 is 5.69. The lowest BCUT2D eigenvalue weighted by molar-refractivity contribution is -0.00904. The standard InChI is InChI=1S/C14H27NO2/c1-3-12-5-6-14(16)13(9-12)15-7-4-8-17-11(2)10-15/h11-14,16H,3-10H2,1-2H3. The molecule has 0 aromatic heterocycles. The Morgan fingerprint density at radius 2 is 2.18 bits per heavy atom. The summed E-state index contributed by atoms with van der Waals surface area (Å²) in [5, 5.41) is 10.2. The molecule has 2 rings (SSSR count). The zero-order valence-corrected chi connectivity index (χ0v) is 11.3. The number of aliphatic hydroxyl groups is 1. The molecule has 1 heterocycles. The molecule has 3 heteroatoms. The van der Waals surface area contributed by atoms with Gasteiger partial charge in [0.2, 0.25) is 0 Å². The Hall–Kier alpha value is -0.120. The molecular weight excluding hydrogens is 214 g/mol. The number of nitrogens with zero attached hydrogens (tertiary/aromatic N) is 1. The van der Waals surface area contributed by atoms with E-state index < -0.39 is 0 Å². The average Bonchev–Trinajstić information content (AvgIpc) is 2.54. The Morgan fingerprint density at radius 3 is 2.94 bits per heavy atom. The van der Waals surface area contributed by atoms with E-state index in [-0.39, 0.29) is 6.10 Å². The van der Waals surface area contributed by atoms with E-state index in [2.05, 4.69) is 18.7 Å². The van der Waals surface area contributed by atoms with Gasteiger partial charge >= 0.3 is 0 Å². The van der Waals surface area contributed by atoms with Gasteiger partial charge in [-0.3, -0.25) is 4.90 Å². The first kappa shape index (κ1) is 13.3. The maximum absolute atomic E-state index is 10.2. The molecule has 4 atom stereocenters. The highest BCUT2D eigenvalue weighted by atomic mass is 16.5. The van der Waals surface area contributed by atoms with Crippen molar-refractivity contribution in [1.82, 2.24) is 4.90 Å². The summed E-state index contributed by atoms with van der Waals surface area (Å²) >= 11 is 0. The number of hydrogen-bond donors (Lipinski definition) is 1. The first-order valence-electron chi connectivity index (χ1n) is 7.24. The summed E-state index contributed by atoms with van der Waals surface area (Å²) in [5.74, 6) is 0.808. The van der Waals surface area contributed by atoms with Crippen LogP contribution in [0.1, 0.15) is 46.0 Å². The molecule has 1 aliphatic heterocycles. The molecule has 0 bridgehead atoms. The lowest BCUT2D eigenvalue weighted by Crippen LogP contribution is -2.49. The van der Waals surface area contributed by atoms with Gasteiger partial charge in [-0.15, -0.1) is 0 Å². The smallest absolute Gasteiger partial charge is 0.0695 e. The normalized spacial score (nSPS) is 41.1. The van der Waals surface area contributed by atoms with Gasteiger partial charge in [-0.05, 0) is 38.5 Å². The van der Waals surface area contributed by atoms with Crippen LogP contribution in [0.3, 0.4) is 0 Å². The molecule has 0 amide bonds. The molecule has 1 aliphatic carbocycles. The van der Waals surface area contributed by atoms with E-state index in [0.29, 0.717) is 12.1 Å². The van der Waals surface area contributed by atoms with Crippen LogP contribution in [0.5, 0.6) is 0 Å². The number of ether oxygens (including phenoxy) is 1. The van der Waals surface area contributed by atoms with E-state index in [0.717, 1.165) is 38.5 Å². The Bertz CT molecular complexity index is 234. The molecule has 100 valence electrons. The van der Waals surface area contributed by atoms with Crippen molar-refractivity contribution in [2.75, 3.05) is 19.7 Å². The summed E-state index contributed by atoms with van der Waals surface area (Å²) in [6, 6.07) is 0.373. The van der Waals surface area contributed by atoms with Crippen molar-refractivity contribution < 1.29 is 9.84 Å². The molecule has 2 aliphatic rings. The molecule has 1 saturated carbocycles. The second-order valence-corrected chi connectivity index (χ2v) is 5.75. The minimum Gasteiger partial charge on any atom is -0.391 e. The average molecular weight is 241 g/mol. The van der Waals surface area contributed by atoms with Crippen molar-refractivity contribution in [3.63, 3.8) is 0 Å².